The fourth-order valence-corrected chi connectivity index (χ4v) is 1.37. The van der Waals surface area contributed by atoms with Crippen LogP contribution in [0.15, 0.2) is 12.1 Å². The molecule has 0 aliphatic carbocycles. The van der Waals surface area contributed by atoms with E-state index >= 15 is 0 Å². The summed E-state index contributed by atoms with van der Waals surface area (Å²) in [6.45, 7) is 6.03. The van der Waals surface area contributed by atoms with Crippen LogP contribution in [-0.4, -0.2) is 11.1 Å². The molecule has 0 aliphatic rings. The second-order valence-corrected chi connectivity index (χ2v) is 3.36. The van der Waals surface area contributed by atoms with Crippen molar-refractivity contribution in [2.24, 2.45) is 0 Å². The van der Waals surface area contributed by atoms with Gasteiger partial charge in [0.1, 0.15) is 0 Å². The number of carboxylic acids is 1. The molecule has 3 nitrogen and oxygen atoms in total. The van der Waals surface area contributed by atoms with E-state index in [2.05, 4.69) is 0 Å². The summed E-state index contributed by atoms with van der Waals surface area (Å²) in [7, 11) is 0. The maximum Gasteiger partial charge on any atom is 0.307 e. The molecule has 0 spiro atoms. The zero-order valence-corrected chi connectivity index (χ0v) is 8.92. The first-order chi connectivity index (χ1) is 6.02. The molecule has 0 radical (unpaired) electrons. The Morgan fingerprint density at radius 3 is 2.29 bits per heavy atom. The molecule has 0 amide bonds. The molecule has 0 fully saturated rings. The highest BCUT2D eigenvalue weighted by molar-refractivity contribution is 5.71. The van der Waals surface area contributed by atoms with Crippen LogP contribution in [-0.2, 0) is 11.2 Å². The summed E-state index contributed by atoms with van der Waals surface area (Å²) in [6, 6.07) is 3.87. The van der Waals surface area contributed by atoms with E-state index in [1.807, 2.05) is 32.9 Å². The average Bonchev–Trinajstić information content (AvgIpc) is 2.06. The molecule has 0 bridgehead atoms. The quantitative estimate of drug-likeness (QED) is 0.761. The Kier molecular flexibility index (Phi) is 4.31. The Morgan fingerprint density at radius 1 is 1.21 bits per heavy atom. The van der Waals surface area contributed by atoms with Crippen LogP contribution in [0.5, 0.6) is 0 Å². The van der Waals surface area contributed by atoms with E-state index in [1.165, 1.54) is 11.1 Å². The van der Waals surface area contributed by atoms with Crippen molar-refractivity contribution in [3.8, 4) is 0 Å². The third-order valence-electron chi connectivity index (χ3n) is 2.51. The molecule has 0 aliphatic heterocycles. The van der Waals surface area contributed by atoms with Crippen molar-refractivity contribution in [3.05, 3.63) is 34.4 Å². The first-order valence-corrected chi connectivity index (χ1v) is 4.30. The summed E-state index contributed by atoms with van der Waals surface area (Å²) in [4.78, 5) is 10.5. The predicted octanol–water partition coefficient (Wildman–Crippen LogP) is 2.40. The molecule has 0 aromatic heterocycles. The Morgan fingerprint density at radius 2 is 1.79 bits per heavy atom. The van der Waals surface area contributed by atoms with E-state index in [4.69, 9.17) is 5.11 Å². The molecule has 0 heterocycles. The minimum absolute atomic E-state index is 0. The average molecular weight is 195 g/mol. The van der Waals surface area contributed by atoms with Gasteiger partial charge in [-0.2, -0.15) is 0 Å². The van der Waals surface area contributed by atoms with Crippen molar-refractivity contribution < 1.29 is 9.90 Å². The van der Waals surface area contributed by atoms with Gasteiger partial charge in [0.05, 0.1) is 6.42 Å². The van der Waals surface area contributed by atoms with E-state index in [0.29, 0.717) is 0 Å². The molecular formula is C11H17NO2. The van der Waals surface area contributed by atoms with Crippen LogP contribution in [0.1, 0.15) is 22.3 Å². The van der Waals surface area contributed by atoms with Crippen LogP contribution < -0.4 is 6.15 Å². The van der Waals surface area contributed by atoms with Gasteiger partial charge in [-0.1, -0.05) is 12.1 Å². The summed E-state index contributed by atoms with van der Waals surface area (Å²) in [5.41, 5.74) is 4.42. The van der Waals surface area contributed by atoms with Crippen molar-refractivity contribution >= 4 is 5.97 Å². The Balaban J connectivity index is 0.00000169. The van der Waals surface area contributed by atoms with E-state index in [-0.39, 0.29) is 12.6 Å². The highest BCUT2D eigenvalue weighted by Crippen LogP contribution is 2.17. The van der Waals surface area contributed by atoms with Crippen LogP contribution in [0, 0.1) is 20.8 Å². The lowest BCUT2D eigenvalue weighted by Crippen LogP contribution is -2.03. The monoisotopic (exact) mass is 195 g/mol. The van der Waals surface area contributed by atoms with Crippen molar-refractivity contribution in [1.29, 1.82) is 0 Å². The molecule has 14 heavy (non-hydrogen) atoms. The number of rotatable bonds is 2. The van der Waals surface area contributed by atoms with Crippen molar-refractivity contribution in [2.45, 2.75) is 27.2 Å². The smallest absolute Gasteiger partial charge is 0.307 e. The van der Waals surface area contributed by atoms with Crippen LogP contribution in [0.25, 0.3) is 0 Å². The summed E-state index contributed by atoms with van der Waals surface area (Å²) in [5.74, 6) is -0.772. The fraction of sp³-hybridized carbons (Fsp3) is 0.364. The third-order valence-corrected chi connectivity index (χ3v) is 2.51. The van der Waals surface area contributed by atoms with Gasteiger partial charge in [0, 0.05) is 0 Å². The minimum atomic E-state index is -0.772. The maximum atomic E-state index is 10.5. The Labute approximate surface area is 84.3 Å². The first-order valence-electron chi connectivity index (χ1n) is 4.30. The van der Waals surface area contributed by atoms with Gasteiger partial charge >= 0.3 is 5.97 Å². The van der Waals surface area contributed by atoms with Gasteiger partial charge in [0.15, 0.2) is 0 Å². The van der Waals surface area contributed by atoms with Crippen molar-refractivity contribution in [2.75, 3.05) is 0 Å². The number of benzene rings is 1. The molecule has 4 N–H and O–H groups in total. The van der Waals surface area contributed by atoms with Gasteiger partial charge in [0.2, 0.25) is 0 Å². The van der Waals surface area contributed by atoms with Crippen LogP contribution in [0.2, 0.25) is 0 Å². The lowest BCUT2D eigenvalue weighted by molar-refractivity contribution is -0.136. The Hall–Kier alpha value is -1.35. The number of aryl methyl sites for hydroxylation is 1. The number of hydrogen-bond donors (Lipinski definition) is 2. The largest absolute Gasteiger partial charge is 0.481 e. The molecule has 0 saturated heterocycles. The fourth-order valence-electron chi connectivity index (χ4n) is 1.37. The van der Waals surface area contributed by atoms with Gasteiger partial charge < -0.3 is 11.3 Å². The summed E-state index contributed by atoms with van der Waals surface area (Å²) in [6.07, 6.45) is 0.118. The van der Waals surface area contributed by atoms with Crippen LogP contribution >= 0.6 is 0 Å². The third kappa shape index (κ3) is 2.57. The predicted molar refractivity (Wildman–Crippen MR) is 57.0 cm³/mol. The van der Waals surface area contributed by atoms with Gasteiger partial charge in [-0.05, 0) is 43.0 Å². The second-order valence-electron chi connectivity index (χ2n) is 3.36. The molecule has 3 heteroatoms. The standard InChI is InChI=1S/C11H14O2.H3N/c1-7-4-5-10(6-11(12)13)9(3)8(7)2;/h4-5H,6H2,1-3H3,(H,12,13);1H3. The number of carboxylic acid groups (broad SMARTS) is 1. The lowest BCUT2D eigenvalue weighted by atomic mass is 9.97. The molecule has 0 unspecified atom stereocenters. The van der Waals surface area contributed by atoms with Gasteiger partial charge in [-0.25, -0.2) is 0 Å². The molecule has 1 aromatic rings. The topological polar surface area (TPSA) is 72.3 Å². The second kappa shape index (κ2) is 4.77. The van der Waals surface area contributed by atoms with Gasteiger partial charge in [-0.15, -0.1) is 0 Å². The zero-order valence-electron chi connectivity index (χ0n) is 8.92. The van der Waals surface area contributed by atoms with Crippen molar-refractivity contribution in [1.82, 2.24) is 6.15 Å². The number of carbonyl (C=O) groups is 1. The summed E-state index contributed by atoms with van der Waals surface area (Å²) < 4.78 is 0. The maximum absolute atomic E-state index is 10.5. The van der Waals surface area contributed by atoms with Crippen LogP contribution in [0.3, 0.4) is 0 Å². The van der Waals surface area contributed by atoms with E-state index in [9.17, 15) is 4.79 Å². The molecule has 0 atom stereocenters. The SMILES string of the molecule is Cc1ccc(CC(=O)O)c(C)c1C.N. The van der Waals surface area contributed by atoms with Crippen LogP contribution in [0.4, 0.5) is 0 Å². The number of hydrogen-bond acceptors (Lipinski definition) is 2. The minimum Gasteiger partial charge on any atom is -0.481 e. The first kappa shape index (κ1) is 12.7. The van der Waals surface area contributed by atoms with E-state index < -0.39 is 5.97 Å². The molecule has 1 aromatic carbocycles. The molecule has 78 valence electrons. The van der Waals surface area contributed by atoms with E-state index in [1.54, 1.807) is 0 Å². The van der Waals surface area contributed by atoms with Crippen molar-refractivity contribution in [3.63, 3.8) is 0 Å². The lowest BCUT2D eigenvalue weighted by Gasteiger charge is -2.08. The van der Waals surface area contributed by atoms with E-state index in [0.717, 1.165) is 11.1 Å². The molecule has 1 rings (SSSR count). The Bertz CT molecular complexity index is 345. The normalized spacial score (nSPS) is 9.36. The number of aliphatic carboxylic acids is 1. The highest BCUT2D eigenvalue weighted by atomic mass is 16.4. The highest BCUT2D eigenvalue weighted by Gasteiger charge is 2.06. The molecular weight excluding hydrogens is 178 g/mol. The summed E-state index contributed by atoms with van der Waals surface area (Å²) in [5, 5.41) is 8.65. The zero-order chi connectivity index (χ0) is 10.0. The van der Waals surface area contributed by atoms with Gasteiger partial charge in [0.25, 0.3) is 0 Å². The molecule has 0 saturated carbocycles. The van der Waals surface area contributed by atoms with Gasteiger partial charge in [-0.3, -0.25) is 4.79 Å². The summed E-state index contributed by atoms with van der Waals surface area (Å²) >= 11 is 0.